The summed E-state index contributed by atoms with van der Waals surface area (Å²) in [5.41, 5.74) is 9.70. The molecule has 4 N–H and O–H groups in total. The summed E-state index contributed by atoms with van der Waals surface area (Å²) in [4.78, 5) is 10.7. The minimum Gasteiger partial charge on any atom is -0.507 e. The summed E-state index contributed by atoms with van der Waals surface area (Å²) in [6.45, 7) is 9.48. The largest absolute Gasteiger partial charge is 0.507 e. The molecule has 2 aromatic rings. The van der Waals surface area contributed by atoms with Gasteiger partial charge in [-0.15, -0.1) is 0 Å². The van der Waals surface area contributed by atoms with E-state index in [1.165, 1.54) is 0 Å². The number of phenols is 1. The van der Waals surface area contributed by atoms with Gasteiger partial charge in [0.2, 0.25) is 0 Å². The fourth-order valence-corrected chi connectivity index (χ4v) is 2.51. The predicted octanol–water partition coefficient (Wildman–Crippen LogP) is 4.74. The van der Waals surface area contributed by atoms with Crippen molar-refractivity contribution in [2.45, 2.75) is 47.5 Å². The highest BCUT2D eigenvalue weighted by atomic mass is 16.5. The number of hydrogen-bond donors (Lipinski definition) is 3. The zero-order chi connectivity index (χ0) is 19.1. The molecule has 0 aromatic heterocycles. The number of phenolic OH excluding ortho intramolecular Hbond substituents is 1. The smallest absolute Gasteiger partial charge is 0.303 e. The zero-order valence-corrected chi connectivity index (χ0v) is 15.5. The number of ether oxygens (including phenoxy) is 1. The van der Waals surface area contributed by atoms with Crippen molar-refractivity contribution in [3.63, 3.8) is 0 Å². The SMILES string of the molecule is CC.Cc1cc(Oc2c(C)cc(CCC(=O)O)cc2N)cc(C)c1O. The van der Waals surface area contributed by atoms with E-state index in [2.05, 4.69) is 0 Å². The molecule has 0 radical (unpaired) electrons. The molecule has 0 amide bonds. The van der Waals surface area contributed by atoms with Gasteiger partial charge in [-0.2, -0.15) is 0 Å². The topological polar surface area (TPSA) is 92.8 Å². The molecule has 0 saturated carbocycles. The first-order valence-electron chi connectivity index (χ1n) is 8.36. The van der Waals surface area contributed by atoms with Crippen LogP contribution in [0, 0.1) is 20.8 Å². The van der Waals surface area contributed by atoms with E-state index in [-0.39, 0.29) is 12.2 Å². The molecule has 5 nitrogen and oxygen atoms in total. The number of aromatic hydroxyl groups is 1. The minimum atomic E-state index is -0.836. The van der Waals surface area contributed by atoms with E-state index in [4.69, 9.17) is 15.6 Å². The summed E-state index contributed by atoms with van der Waals surface area (Å²) >= 11 is 0. The lowest BCUT2D eigenvalue weighted by Crippen LogP contribution is -2.01. The van der Waals surface area contributed by atoms with Crippen molar-refractivity contribution >= 4 is 11.7 Å². The quantitative estimate of drug-likeness (QED) is 0.681. The van der Waals surface area contributed by atoms with Gasteiger partial charge < -0.3 is 20.7 Å². The Balaban J connectivity index is 0.00000151. The molecule has 0 atom stereocenters. The van der Waals surface area contributed by atoms with Crippen LogP contribution in [0.25, 0.3) is 0 Å². The second-order valence-corrected chi connectivity index (χ2v) is 5.73. The fourth-order valence-electron chi connectivity index (χ4n) is 2.51. The van der Waals surface area contributed by atoms with Crippen LogP contribution in [0.2, 0.25) is 0 Å². The molecular weight excluding hydrogens is 318 g/mol. The van der Waals surface area contributed by atoms with Crippen LogP contribution in [0.5, 0.6) is 17.2 Å². The Morgan fingerprint density at radius 1 is 1.04 bits per heavy atom. The lowest BCUT2D eigenvalue weighted by Gasteiger charge is -2.15. The minimum absolute atomic E-state index is 0.0649. The molecular formula is C20H27NO4. The molecule has 2 aromatic carbocycles. The molecule has 0 aliphatic carbocycles. The first-order valence-corrected chi connectivity index (χ1v) is 8.36. The summed E-state index contributed by atoms with van der Waals surface area (Å²) in [6.07, 6.45) is 0.494. The maximum atomic E-state index is 10.7. The van der Waals surface area contributed by atoms with Gasteiger partial charge in [0.05, 0.1) is 5.69 Å². The number of nitrogens with two attached hydrogens (primary N) is 1. The molecule has 0 heterocycles. The summed E-state index contributed by atoms with van der Waals surface area (Å²) in [7, 11) is 0. The standard InChI is InChI=1S/C18H21NO4.C2H6/c1-10-7-14(8-11(2)17(10)22)23-18-12(3)6-13(9-15(18)19)4-5-16(20)21;1-2/h6-9,22H,4-5,19H2,1-3H3,(H,20,21);1-2H3. The first kappa shape index (κ1) is 20.4. The molecule has 136 valence electrons. The van der Waals surface area contributed by atoms with Gasteiger partial charge in [-0.1, -0.05) is 19.9 Å². The van der Waals surface area contributed by atoms with Crippen molar-refractivity contribution in [1.29, 1.82) is 0 Å². The van der Waals surface area contributed by atoms with Crippen LogP contribution in [0.3, 0.4) is 0 Å². The molecule has 0 unspecified atom stereocenters. The van der Waals surface area contributed by atoms with E-state index in [0.29, 0.717) is 23.6 Å². The Kier molecular flexibility index (Phi) is 7.30. The van der Waals surface area contributed by atoms with Gasteiger partial charge in [-0.05, 0) is 67.6 Å². The van der Waals surface area contributed by atoms with E-state index >= 15 is 0 Å². The number of aliphatic carboxylic acids is 1. The lowest BCUT2D eigenvalue weighted by atomic mass is 10.0. The number of aryl methyl sites for hydroxylation is 4. The van der Waals surface area contributed by atoms with Crippen LogP contribution >= 0.6 is 0 Å². The average Bonchev–Trinajstić information content (AvgIpc) is 2.55. The normalized spacial score (nSPS) is 9.96. The maximum Gasteiger partial charge on any atom is 0.303 e. The van der Waals surface area contributed by atoms with E-state index in [1.807, 2.05) is 26.8 Å². The van der Waals surface area contributed by atoms with Crippen molar-refractivity contribution < 1.29 is 19.7 Å². The average molecular weight is 345 g/mol. The lowest BCUT2D eigenvalue weighted by molar-refractivity contribution is -0.136. The Bertz CT molecular complexity index is 707. The number of rotatable bonds is 5. The number of benzene rings is 2. The molecule has 0 saturated heterocycles. The van der Waals surface area contributed by atoms with Crippen molar-refractivity contribution in [3.05, 3.63) is 46.5 Å². The third kappa shape index (κ3) is 5.41. The third-order valence-corrected chi connectivity index (χ3v) is 3.68. The van der Waals surface area contributed by atoms with Gasteiger partial charge in [0, 0.05) is 6.42 Å². The Labute approximate surface area is 149 Å². The number of carboxylic acid groups (broad SMARTS) is 1. The van der Waals surface area contributed by atoms with Gasteiger partial charge in [-0.25, -0.2) is 0 Å². The van der Waals surface area contributed by atoms with E-state index < -0.39 is 5.97 Å². The molecule has 5 heteroatoms. The molecule has 0 aliphatic rings. The summed E-state index contributed by atoms with van der Waals surface area (Å²) in [6, 6.07) is 7.12. The number of carbonyl (C=O) groups is 1. The number of hydrogen-bond acceptors (Lipinski definition) is 4. The number of nitrogen functional groups attached to an aromatic ring is 1. The van der Waals surface area contributed by atoms with Crippen LogP contribution in [0.15, 0.2) is 24.3 Å². The predicted molar refractivity (Wildman–Crippen MR) is 101 cm³/mol. The molecule has 0 spiro atoms. The van der Waals surface area contributed by atoms with Gasteiger partial charge in [0.25, 0.3) is 0 Å². The Hall–Kier alpha value is -2.69. The van der Waals surface area contributed by atoms with Crippen LogP contribution in [0.1, 0.15) is 42.5 Å². The Morgan fingerprint density at radius 2 is 1.60 bits per heavy atom. The highest BCUT2D eigenvalue weighted by Crippen LogP contribution is 2.35. The van der Waals surface area contributed by atoms with Crippen LogP contribution in [-0.4, -0.2) is 16.2 Å². The summed E-state index contributed by atoms with van der Waals surface area (Å²) in [5.74, 6) is 0.571. The van der Waals surface area contributed by atoms with E-state index in [1.54, 1.807) is 32.0 Å². The van der Waals surface area contributed by atoms with Crippen LogP contribution in [0.4, 0.5) is 5.69 Å². The second-order valence-electron chi connectivity index (χ2n) is 5.73. The van der Waals surface area contributed by atoms with Crippen LogP contribution in [-0.2, 0) is 11.2 Å². The zero-order valence-electron chi connectivity index (χ0n) is 15.5. The maximum absolute atomic E-state index is 10.7. The molecule has 25 heavy (non-hydrogen) atoms. The van der Waals surface area contributed by atoms with E-state index in [9.17, 15) is 9.90 Å². The third-order valence-electron chi connectivity index (χ3n) is 3.68. The highest BCUT2D eigenvalue weighted by Gasteiger charge is 2.11. The molecule has 0 fully saturated rings. The van der Waals surface area contributed by atoms with Crippen molar-refractivity contribution in [2.24, 2.45) is 0 Å². The Morgan fingerprint density at radius 3 is 2.08 bits per heavy atom. The van der Waals surface area contributed by atoms with Gasteiger partial charge in [-0.3, -0.25) is 4.79 Å². The van der Waals surface area contributed by atoms with Gasteiger partial charge in [0.15, 0.2) is 5.75 Å². The number of anilines is 1. The molecule has 0 bridgehead atoms. The summed E-state index contributed by atoms with van der Waals surface area (Å²) in [5, 5.41) is 18.6. The van der Waals surface area contributed by atoms with Gasteiger partial charge >= 0.3 is 5.97 Å². The molecule has 2 rings (SSSR count). The fraction of sp³-hybridized carbons (Fsp3) is 0.350. The monoisotopic (exact) mass is 345 g/mol. The van der Waals surface area contributed by atoms with Crippen molar-refractivity contribution in [2.75, 3.05) is 5.73 Å². The summed E-state index contributed by atoms with van der Waals surface area (Å²) < 4.78 is 5.88. The van der Waals surface area contributed by atoms with Gasteiger partial charge in [0.1, 0.15) is 11.5 Å². The molecule has 0 aliphatic heterocycles. The second kappa shape index (κ2) is 8.97. The highest BCUT2D eigenvalue weighted by molar-refractivity contribution is 5.67. The van der Waals surface area contributed by atoms with Crippen molar-refractivity contribution in [3.8, 4) is 17.2 Å². The van der Waals surface area contributed by atoms with Crippen molar-refractivity contribution in [1.82, 2.24) is 0 Å². The number of carboxylic acids is 1. The van der Waals surface area contributed by atoms with Crippen LogP contribution < -0.4 is 10.5 Å². The van der Waals surface area contributed by atoms with E-state index in [0.717, 1.165) is 22.3 Å². The first-order chi connectivity index (χ1) is 11.8.